The maximum absolute atomic E-state index is 14.1. The van der Waals surface area contributed by atoms with E-state index in [2.05, 4.69) is 15.4 Å². The van der Waals surface area contributed by atoms with Gasteiger partial charge in [-0.15, -0.1) is 0 Å². The Bertz CT molecular complexity index is 642. The van der Waals surface area contributed by atoms with Gasteiger partial charge in [0.25, 0.3) is 0 Å². The molecule has 0 fully saturated rings. The Labute approximate surface area is 113 Å². The van der Waals surface area contributed by atoms with Crippen LogP contribution in [0.1, 0.15) is 17.5 Å². The molecule has 0 amide bonds. The van der Waals surface area contributed by atoms with Crippen molar-refractivity contribution >= 4 is 5.69 Å². The molecule has 0 saturated heterocycles. The Morgan fingerprint density at radius 3 is 2.85 bits per heavy atom. The van der Waals surface area contributed by atoms with E-state index in [0.29, 0.717) is 6.54 Å². The second-order valence-electron chi connectivity index (χ2n) is 4.29. The molecule has 20 heavy (non-hydrogen) atoms. The van der Waals surface area contributed by atoms with Crippen LogP contribution in [0.3, 0.4) is 0 Å². The first-order chi connectivity index (χ1) is 9.68. The molecule has 2 aromatic rings. The molecule has 0 aliphatic carbocycles. The van der Waals surface area contributed by atoms with Crippen molar-refractivity contribution in [3.63, 3.8) is 0 Å². The van der Waals surface area contributed by atoms with Gasteiger partial charge in [0.2, 0.25) is 0 Å². The van der Waals surface area contributed by atoms with Gasteiger partial charge in [-0.1, -0.05) is 12.1 Å². The fraction of sp³-hybridized carbons (Fsp3) is 0.154. The second-order valence-corrected chi connectivity index (χ2v) is 4.29. The first-order valence-electron chi connectivity index (χ1n) is 6.03. The molecule has 1 unspecified atom stereocenters. The Kier molecular flexibility index (Phi) is 3.21. The lowest BCUT2D eigenvalue weighted by Gasteiger charge is -2.22. The number of anilines is 1. The van der Waals surface area contributed by atoms with E-state index >= 15 is 0 Å². The monoisotopic (exact) mass is 278 g/mol. The van der Waals surface area contributed by atoms with Gasteiger partial charge in [-0.3, -0.25) is 5.01 Å². The third-order valence-electron chi connectivity index (χ3n) is 3.05. The zero-order chi connectivity index (χ0) is 14.1. The van der Waals surface area contributed by atoms with Crippen LogP contribution in [0.25, 0.3) is 0 Å². The average Bonchev–Trinajstić information content (AvgIpc) is 3.13. The summed E-state index contributed by atoms with van der Waals surface area (Å²) in [7, 11) is 0. The van der Waals surface area contributed by atoms with Crippen molar-refractivity contribution in [1.82, 2.24) is 15.4 Å². The van der Waals surface area contributed by atoms with Gasteiger partial charge in [-0.2, -0.15) is 0 Å². The molecule has 0 saturated carbocycles. The number of aliphatic hydroxyl groups is 1. The average molecular weight is 278 g/mol. The number of aromatic nitrogens is 2. The number of hydrogen-bond donors (Lipinski definition) is 3. The molecule has 1 aliphatic heterocycles. The molecule has 3 N–H and O–H groups in total. The van der Waals surface area contributed by atoms with Gasteiger partial charge >= 0.3 is 0 Å². The molecular formula is C13H12F2N4O. The van der Waals surface area contributed by atoms with Gasteiger partial charge in [0.1, 0.15) is 17.6 Å². The summed E-state index contributed by atoms with van der Waals surface area (Å²) in [5.74, 6) is -1.73. The number of nitrogens with zero attached hydrogens (tertiary/aromatic N) is 2. The lowest BCUT2D eigenvalue weighted by atomic mass is 10.1. The molecule has 5 nitrogen and oxygen atoms in total. The molecule has 1 aromatic carbocycles. The zero-order valence-electron chi connectivity index (χ0n) is 10.3. The van der Waals surface area contributed by atoms with E-state index in [4.69, 9.17) is 0 Å². The molecule has 1 aliphatic rings. The Morgan fingerprint density at radius 1 is 1.35 bits per heavy atom. The smallest absolute Gasteiger partial charge is 0.184 e. The largest absolute Gasteiger partial charge is 0.380 e. The van der Waals surface area contributed by atoms with Gasteiger partial charge in [0.05, 0.1) is 0 Å². The zero-order valence-corrected chi connectivity index (χ0v) is 10.3. The van der Waals surface area contributed by atoms with E-state index in [1.54, 1.807) is 18.5 Å². The highest BCUT2D eigenvalue weighted by Gasteiger charge is 2.25. The number of benzene rings is 1. The van der Waals surface area contributed by atoms with Crippen molar-refractivity contribution in [3.05, 3.63) is 59.8 Å². The van der Waals surface area contributed by atoms with Gasteiger partial charge in [-0.05, 0) is 6.07 Å². The fourth-order valence-corrected chi connectivity index (χ4v) is 2.11. The summed E-state index contributed by atoms with van der Waals surface area (Å²) in [5, 5.41) is 11.6. The van der Waals surface area contributed by atoms with E-state index in [-0.39, 0.29) is 17.1 Å². The second kappa shape index (κ2) is 5.03. The molecule has 0 spiro atoms. The van der Waals surface area contributed by atoms with Gasteiger partial charge in [0, 0.05) is 30.7 Å². The minimum absolute atomic E-state index is 0.0531. The third kappa shape index (κ3) is 2.06. The van der Waals surface area contributed by atoms with Crippen molar-refractivity contribution in [2.24, 2.45) is 0 Å². The Morgan fingerprint density at radius 2 is 2.20 bits per heavy atom. The predicted octanol–water partition coefficient (Wildman–Crippen LogP) is 1.61. The number of nitrogens with one attached hydrogen (secondary N) is 2. The maximum atomic E-state index is 14.1. The SMILES string of the molecule is OC(c1ncc[nH]1)c1ccc(F)c(F)c1N1C=CCN1. The third-order valence-corrected chi connectivity index (χ3v) is 3.05. The molecular weight excluding hydrogens is 266 g/mol. The van der Waals surface area contributed by atoms with Crippen LogP contribution in [0, 0.1) is 11.6 Å². The van der Waals surface area contributed by atoms with Crippen LogP contribution in [0.5, 0.6) is 0 Å². The predicted molar refractivity (Wildman–Crippen MR) is 68.6 cm³/mol. The molecule has 1 aromatic heterocycles. The van der Waals surface area contributed by atoms with Crippen molar-refractivity contribution in [1.29, 1.82) is 0 Å². The number of hydrogen-bond acceptors (Lipinski definition) is 4. The van der Waals surface area contributed by atoms with Crippen molar-refractivity contribution in [3.8, 4) is 0 Å². The van der Waals surface area contributed by atoms with Crippen molar-refractivity contribution in [2.75, 3.05) is 11.6 Å². The molecule has 7 heteroatoms. The standard InChI is InChI=1S/C13H12F2N4O/c14-9-3-2-8(12(20)13-16-5-6-17-13)11(10(9)15)19-7-1-4-18-19/h1-3,5-7,12,18,20H,4H2,(H,16,17). The number of hydrazine groups is 1. The van der Waals surface area contributed by atoms with Gasteiger partial charge < -0.3 is 10.1 Å². The van der Waals surface area contributed by atoms with Crippen LogP contribution in [-0.4, -0.2) is 21.6 Å². The minimum atomic E-state index is -1.18. The molecule has 104 valence electrons. The first kappa shape index (κ1) is 12.8. The topological polar surface area (TPSA) is 64.2 Å². The summed E-state index contributed by atoms with van der Waals surface area (Å²) in [6.45, 7) is 0.506. The van der Waals surface area contributed by atoms with Crippen LogP contribution in [-0.2, 0) is 0 Å². The number of aliphatic hydroxyl groups excluding tert-OH is 1. The highest BCUT2D eigenvalue weighted by atomic mass is 19.2. The van der Waals surface area contributed by atoms with Crippen LogP contribution >= 0.6 is 0 Å². The maximum Gasteiger partial charge on any atom is 0.184 e. The van der Waals surface area contributed by atoms with Gasteiger partial charge in [0.15, 0.2) is 11.6 Å². The van der Waals surface area contributed by atoms with Crippen LogP contribution in [0.2, 0.25) is 0 Å². The molecule has 1 atom stereocenters. The summed E-state index contributed by atoms with van der Waals surface area (Å²) < 4.78 is 27.5. The van der Waals surface area contributed by atoms with Crippen LogP contribution in [0.15, 0.2) is 36.8 Å². The fourth-order valence-electron chi connectivity index (χ4n) is 2.11. The lowest BCUT2D eigenvalue weighted by Crippen LogP contribution is -2.30. The molecule has 3 rings (SSSR count). The highest BCUT2D eigenvalue weighted by Crippen LogP contribution is 2.33. The number of imidazole rings is 1. The normalized spacial score (nSPS) is 15.8. The quantitative estimate of drug-likeness (QED) is 0.798. The number of rotatable bonds is 3. The molecule has 2 heterocycles. The van der Waals surface area contributed by atoms with E-state index in [0.717, 1.165) is 6.07 Å². The number of aromatic amines is 1. The van der Waals surface area contributed by atoms with E-state index < -0.39 is 17.7 Å². The summed E-state index contributed by atoms with van der Waals surface area (Å²) >= 11 is 0. The van der Waals surface area contributed by atoms with Crippen LogP contribution in [0.4, 0.5) is 14.5 Å². The summed E-state index contributed by atoms with van der Waals surface area (Å²) in [5.41, 5.74) is 3.02. The molecule has 0 radical (unpaired) electrons. The summed E-state index contributed by atoms with van der Waals surface area (Å²) in [6, 6.07) is 2.33. The van der Waals surface area contributed by atoms with Crippen molar-refractivity contribution < 1.29 is 13.9 Å². The van der Waals surface area contributed by atoms with Crippen molar-refractivity contribution in [2.45, 2.75) is 6.10 Å². The highest BCUT2D eigenvalue weighted by molar-refractivity contribution is 5.59. The van der Waals surface area contributed by atoms with E-state index in [1.165, 1.54) is 17.3 Å². The van der Waals surface area contributed by atoms with E-state index in [9.17, 15) is 13.9 Å². The Balaban J connectivity index is 2.10. The Hall–Kier alpha value is -2.25. The lowest BCUT2D eigenvalue weighted by molar-refractivity contribution is 0.210. The minimum Gasteiger partial charge on any atom is -0.380 e. The van der Waals surface area contributed by atoms with E-state index in [1.807, 2.05) is 0 Å². The van der Waals surface area contributed by atoms with Gasteiger partial charge in [-0.25, -0.2) is 19.2 Å². The number of halogens is 2. The number of H-pyrrole nitrogens is 1. The molecule has 0 bridgehead atoms. The van der Waals surface area contributed by atoms with Crippen LogP contribution < -0.4 is 10.4 Å². The summed E-state index contributed by atoms with van der Waals surface area (Å²) in [6.07, 6.45) is 5.19. The summed E-state index contributed by atoms with van der Waals surface area (Å²) in [4.78, 5) is 6.69. The first-order valence-corrected chi connectivity index (χ1v) is 6.03.